The van der Waals surface area contributed by atoms with Gasteiger partial charge >= 0.3 is 6.18 Å². The van der Waals surface area contributed by atoms with Gasteiger partial charge in [0, 0.05) is 11.3 Å². The number of alkyl halides is 3. The molecule has 0 spiro atoms. The number of halogens is 3. The Bertz CT molecular complexity index is 636. The molecule has 0 fully saturated rings. The van der Waals surface area contributed by atoms with Gasteiger partial charge < -0.3 is 10.4 Å². The predicted octanol–water partition coefficient (Wildman–Crippen LogP) is 3.45. The molecule has 2 rings (SSSR count). The van der Waals surface area contributed by atoms with Crippen molar-refractivity contribution in [3.8, 4) is 0 Å². The molecule has 21 heavy (non-hydrogen) atoms. The fourth-order valence-corrected chi connectivity index (χ4v) is 1.73. The summed E-state index contributed by atoms with van der Waals surface area (Å²) in [5, 5.41) is 11.4. The van der Waals surface area contributed by atoms with E-state index in [1.807, 2.05) is 0 Å². The third-order valence-electron chi connectivity index (χ3n) is 2.85. The summed E-state index contributed by atoms with van der Waals surface area (Å²) in [4.78, 5) is 11.9. The first kappa shape index (κ1) is 15.1. The van der Waals surface area contributed by atoms with E-state index in [2.05, 4.69) is 5.32 Å². The van der Waals surface area contributed by atoms with Crippen LogP contribution in [0.15, 0.2) is 48.5 Å². The summed E-state index contributed by atoms with van der Waals surface area (Å²) in [5.41, 5.74) is 0.170. The summed E-state index contributed by atoms with van der Waals surface area (Å²) in [6, 6.07) is 10.6. The molecule has 0 aliphatic carbocycles. The topological polar surface area (TPSA) is 49.3 Å². The van der Waals surface area contributed by atoms with Crippen LogP contribution in [0, 0.1) is 0 Å². The molecule has 0 saturated carbocycles. The third kappa shape index (κ3) is 3.82. The minimum Gasteiger partial charge on any atom is -0.392 e. The van der Waals surface area contributed by atoms with E-state index in [9.17, 15) is 18.0 Å². The Balaban J connectivity index is 2.16. The molecule has 0 heterocycles. The lowest BCUT2D eigenvalue weighted by Crippen LogP contribution is -2.13. The number of hydrogen-bond donors (Lipinski definition) is 2. The van der Waals surface area contributed by atoms with Crippen molar-refractivity contribution in [1.29, 1.82) is 0 Å². The number of carbonyl (C=O) groups excluding carboxylic acids is 1. The van der Waals surface area contributed by atoms with E-state index in [4.69, 9.17) is 5.11 Å². The van der Waals surface area contributed by atoms with Gasteiger partial charge in [-0.2, -0.15) is 13.2 Å². The van der Waals surface area contributed by atoms with Gasteiger partial charge in [0.15, 0.2) is 0 Å². The monoisotopic (exact) mass is 295 g/mol. The SMILES string of the molecule is O=C(Nc1ccc(CO)cc1)c1cccc(C(F)(F)F)c1. The molecule has 0 aliphatic heterocycles. The van der Waals surface area contributed by atoms with Crippen LogP contribution in [0.3, 0.4) is 0 Å². The standard InChI is InChI=1S/C15H12F3NO2/c16-15(17,18)12-3-1-2-11(8-12)14(21)19-13-6-4-10(9-20)5-7-13/h1-8,20H,9H2,(H,19,21). The van der Waals surface area contributed by atoms with E-state index < -0.39 is 17.6 Å². The molecule has 0 aliphatic rings. The second-order valence-electron chi connectivity index (χ2n) is 4.39. The molecule has 1 amide bonds. The zero-order chi connectivity index (χ0) is 15.5. The number of anilines is 1. The number of aliphatic hydroxyl groups is 1. The number of carbonyl (C=O) groups is 1. The van der Waals surface area contributed by atoms with Crippen molar-refractivity contribution in [3.63, 3.8) is 0 Å². The number of aliphatic hydroxyl groups excluding tert-OH is 1. The largest absolute Gasteiger partial charge is 0.416 e. The summed E-state index contributed by atoms with van der Waals surface area (Å²) in [5.74, 6) is -0.627. The molecule has 2 aromatic carbocycles. The Morgan fingerprint density at radius 3 is 2.33 bits per heavy atom. The highest BCUT2D eigenvalue weighted by Crippen LogP contribution is 2.29. The average Bonchev–Trinajstić information content (AvgIpc) is 2.47. The highest BCUT2D eigenvalue weighted by Gasteiger charge is 2.30. The zero-order valence-corrected chi connectivity index (χ0v) is 10.8. The number of benzene rings is 2. The van der Waals surface area contributed by atoms with Gasteiger partial charge in [0.25, 0.3) is 5.91 Å². The van der Waals surface area contributed by atoms with E-state index in [1.165, 1.54) is 12.1 Å². The molecule has 3 nitrogen and oxygen atoms in total. The van der Waals surface area contributed by atoms with E-state index in [0.717, 1.165) is 12.1 Å². The number of rotatable bonds is 3. The molecule has 0 radical (unpaired) electrons. The molecule has 0 saturated heterocycles. The fourth-order valence-electron chi connectivity index (χ4n) is 1.73. The quantitative estimate of drug-likeness (QED) is 0.911. The molecular formula is C15H12F3NO2. The van der Waals surface area contributed by atoms with E-state index in [1.54, 1.807) is 24.3 Å². The van der Waals surface area contributed by atoms with Crippen molar-refractivity contribution < 1.29 is 23.1 Å². The fraction of sp³-hybridized carbons (Fsp3) is 0.133. The number of amides is 1. The highest BCUT2D eigenvalue weighted by atomic mass is 19.4. The van der Waals surface area contributed by atoms with E-state index >= 15 is 0 Å². The molecule has 110 valence electrons. The Morgan fingerprint density at radius 1 is 1.10 bits per heavy atom. The number of nitrogens with one attached hydrogen (secondary N) is 1. The van der Waals surface area contributed by atoms with Crippen LogP contribution in [0.2, 0.25) is 0 Å². The first-order chi connectivity index (χ1) is 9.90. The van der Waals surface area contributed by atoms with Crippen LogP contribution in [0.5, 0.6) is 0 Å². The maximum Gasteiger partial charge on any atom is 0.416 e. The minimum atomic E-state index is -4.49. The third-order valence-corrected chi connectivity index (χ3v) is 2.85. The van der Waals surface area contributed by atoms with Crippen molar-refractivity contribution in [1.82, 2.24) is 0 Å². The van der Waals surface area contributed by atoms with Gasteiger partial charge in [-0.3, -0.25) is 4.79 Å². The molecule has 0 aromatic heterocycles. The Kier molecular flexibility index (Phi) is 4.28. The van der Waals surface area contributed by atoms with Crippen molar-refractivity contribution in [2.24, 2.45) is 0 Å². The maximum atomic E-state index is 12.6. The predicted molar refractivity (Wildman–Crippen MR) is 71.8 cm³/mol. The summed E-state index contributed by atoms with van der Waals surface area (Å²) >= 11 is 0. The smallest absolute Gasteiger partial charge is 0.392 e. The summed E-state index contributed by atoms with van der Waals surface area (Å²) in [6.45, 7) is -0.123. The van der Waals surface area contributed by atoms with Gasteiger partial charge in [-0.15, -0.1) is 0 Å². The van der Waals surface area contributed by atoms with Crippen molar-refractivity contribution in [2.75, 3.05) is 5.32 Å². The van der Waals surface area contributed by atoms with Gasteiger partial charge in [-0.1, -0.05) is 18.2 Å². The lowest BCUT2D eigenvalue weighted by molar-refractivity contribution is -0.137. The molecule has 2 aromatic rings. The normalized spacial score (nSPS) is 11.2. The molecule has 0 atom stereocenters. The van der Waals surface area contributed by atoms with Crippen LogP contribution in [-0.4, -0.2) is 11.0 Å². The van der Waals surface area contributed by atoms with Gasteiger partial charge in [-0.05, 0) is 35.9 Å². The Morgan fingerprint density at radius 2 is 1.76 bits per heavy atom. The van der Waals surface area contributed by atoms with Gasteiger partial charge in [0.1, 0.15) is 0 Å². The minimum absolute atomic E-state index is 0.0731. The van der Waals surface area contributed by atoms with Crippen LogP contribution in [0.4, 0.5) is 18.9 Å². The van der Waals surface area contributed by atoms with Gasteiger partial charge in [0.2, 0.25) is 0 Å². The van der Waals surface area contributed by atoms with E-state index in [-0.39, 0.29) is 12.2 Å². The first-order valence-electron chi connectivity index (χ1n) is 6.08. The first-order valence-corrected chi connectivity index (χ1v) is 6.08. The Labute approximate surface area is 119 Å². The second-order valence-corrected chi connectivity index (χ2v) is 4.39. The summed E-state index contributed by atoms with van der Waals surface area (Å²) < 4.78 is 37.8. The zero-order valence-electron chi connectivity index (χ0n) is 10.8. The lowest BCUT2D eigenvalue weighted by atomic mass is 10.1. The average molecular weight is 295 g/mol. The van der Waals surface area contributed by atoms with Crippen molar-refractivity contribution in [2.45, 2.75) is 12.8 Å². The second kappa shape index (κ2) is 5.97. The van der Waals surface area contributed by atoms with Crippen LogP contribution in [0.25, 0.3) is 0 Å². The van der Waals surface area contributed by atoms with Crippen LogP contribution < -0.4 is 5.32 Å². The van der Waals surface area contributed by atoms with Gasteiger partial charge in [0.05, 0.1) is 12.2 Å². The van der Waals surface area contributed by atoms with Crippen LogP contribution in [0.1, 0.15) is 21.5 Å². The van der Waals surface area contributed by atoms with E-state index in [0.29, 0.717) is 11.3 Å². The van der Waals surface area contributed by atoms with Gasteiger partial charge in [-0.25, -0.2) is 0 Å². The van der Waals surface area contributed by atoms with Crippen molar-refractivity contribution in [3.05, 3.63) is 65.2 Å². The van der Waals surface area contributed by atoms with Crippen LogP contribution >= 0.6 is 0 Å². The Hall–Kier alpha value is -2.34. The van der Waals surface area contributed by atoms with Crippen LogP contribution in [-0.2, 0) is 12.8 Å². The molecule has 0 bridgehead atoms. The summed E-state index contributed by atoms with van der Waals surface area (Å²) in [6.07, 6.45) is -4.49. The molecule has 6 heteroatoms. The highest BCUT2D eigenvalue weighted by molar-refractivity contribution is 6.04. The number of hydrogen-bond acceptors (Lipinski definition) is 2. The molecule has 2 N–H and O–H groups in total. The molecule has 0 unspecified atom stereocenters. The maximum absolute atomic E-state index is 12.6. The summed E-state index contributed by atoms with van der Waals surface area (Å²) in [7, 11) is 0. The van der Waals surface area contributed by atoms with Crippen molar-refractivity contribution >= 4 is 11.6 Å². The lowest BCUT2D eigenvalue weighted by Gasteiger charge is -2.09. The molecular weight excluding hydrogens is 283 g/mol.